The van der Waals surface area contributed by atoms with E-state index in [1.165, 1.54) is 38.0 Å². The summed E-state index contributed by atoms with van der Waals surface area (Å²) in [5, 5.41) is 0. The van der Waals surface area contributed by atoms with Crippen molar-refractivity contribution in [2.24, 2.45) is 5.92 Å². The van der Waals surface area contributed by atoms with Crippen molar-refractivity contribution in [3.05, 3.63) is 29.8 Å². The van der Waals surface area contributed by atoms with Crippen molar-refractivity contribution in [1.82, 2.24) is 14.7 Å². The van der Waals surface area contributed by atoms with E-state index in [9.17, 15) is 4.79 Å². The van der Waals surface area contributed by atoms with Gasteiger partial charge in [0.2, 0.25) is 5.91 Å². The standard InChI is InChI=1S/C23H33N3O2/c1-16(27)24-13-9-19(10-14-24)26-15-21(17-3-5-20(28-2)6-4-17)23-22(26)18-7-11-25(23)12-8-18/h3-6,18-19,21-23H,7-15H2,1-2H3/t21-,22+,23+/m1/s1. The van der Waals surface area contributed by atoms with Crippen molar-refractivity contribution in [2.75, 3.05) is 39.8 Å². The summed E-state index contributed by atoms with van der Waals surface area (Å²) in [7, 11) is 1.74. The van der Waals surface area contributed by atoms with E-state index in [1.54, 1.807) is 14.0 Å². The van der Waals surface area contributed by atoms with Crippen LogP contribution in [0.2, 0.25) is 0 Å². The van der Waals surface area contributed by atoms with Crippen LogP contribution >= 0.6 is 0 Å². The van der Waals surface area contributed by atoms with Gasteiger partial charge < -0.3 is 9.64 Å². The topological polar surface area (TPSA) is 36.0 Å². The molecule has 0 aromatic heterocycles. The van der Waals surface area contributed by atoms with Crippen LogP contribution in [0.25, 0.3) is 0 Å². The normalized spacial score (nSPS) is 35.8. The number of fused-ring (bicyclic) bond motifs is 2. The smallest absolute Gasteiger partial charge is 0.219 e. The number of benzene rings is 1. The first-order chi connectivity index (χ1) is 13.7. The van der Waals surface area contributed by atoms with Crippen LogP contribution in [0.3, 0.4) is 0 Å². The van der Waals surface area contributed by atoms with E-state index in [2.05, 4.69) is 34.1 Å². The summed E-state index contributed by atoms with van der Waals surface area (Å²) in [5.74, 6) is 2.61. The molecule has 28 heavy (non-hydrogen) atoms. The number of hydrogen-bond donors (Lipinski definition) is 0. The fourth-order valence-electron chi connectivity index (χ4n) is 6.53. The number of amides is 1. The number of carbonyl (C=O) groups is 1. The highest BCUT2D eigenvalue weighted by molar-refractivity contribution is 5.73. The molecule has 5 saturated heterocycles. The molecule has 2 bridgehead atoms. The first-order valence-corrected chi connectivity index (χ1v) is 11.0. The van der Waals surface area contributed by atoms with Crippen molar-refractivity contribution in [3.63, 3.8) is 0 Å². The highest BCUT2D eigenvalue weighted by Crippen LogP contribution is 2.48. The molecule has 6 rings (SSSR count). The zero-order chi connectivity index (χ0) is 19.3. The molecule has 0 saturated carbocycles. The summed E-state index contributed by atoms with van der Waals surface area (Å²) in [6.07, 6.45) is 4.98. The lowest BCUT2D eigenvalue weighted by Crippen LogP contribution is -2.61. The minimum absolute atomic E-state index is 0.233. The van der Waals surface area contributed by atoms with Gasteiger partial charge in [-0.25, -0.2) is 0 Å². The Morgan fingerprint density at radius 1 is 0.964 bits per heavy atom. The highest BCUT2D eigenvalue weighted by Gasteiger charge is 2.54. The van der Waals surface area contributed by atoms with Crippen molar-refractivity contribution >= 4 is 5.91 Å². The number of likely N-dealkylation sites (tertiary alicyclic amines) is 2. The second-order valence-electron chi connectivity index (χ2n) is 9.17. The molecule has 5 nitrogen and oxygen atoms in total. The second-order valence-corrected chi connectivity index (χ2v) is 9.17. The number of carbonyl (C=O) groups excluding carboxylic acids is 1. The molecule has 152 valence electrons. The Kier molecular flexibility index (Phi) is 4.84. The van der Waals surface area contributed by atoms with Gasteiger partial charge in [-0.1, -0.05) is 12.1 Å². The van der Waals surface area contributed by atoms with Gasteiger partial charge in [0.25, 0.3) is 0 Å². The Morgan fingerprint density at radius 2 is 1.64 bits per heavy atom. The summed E-state index contributed by atoms with van der Waals surface area (Å²) >= 11 is 0. The van der Waals surface area contributed by atoms with E-state index in [0.29, 0.717) is 24.0 Å². The minimum Gasteiger partial charge on any atom is -0.497 e. The van der Waals surface area contributed by atoms with E-state index in [0.717, 1.165) is 37.6 Å². The molecular weight excluding hydrogens is 350 g/mol. The van der Waals surface area contributed by atoms with Crippen molar-refractivity contribution < 1.29 is 9.53 Å². The van der Waals surface area contributed by atoms with Crippen LogP contribution < -0.4 is 4.74 Å². The number of ether oxygens (including phenoxy) is 1. The van der Waals surface area contributed by atoms with Gasteiger partial charge in [0.15, 0.2) is 0 Å². The molecular formula is C23H33N3O2. The van der Waals surface area contributed by atoms with Gasteiger partial charge in [-0.3, -0.25) is 14.6 Å². The molecule has 5 aliphatic rings. The summed E-state index contributed by atoms with van der Waals surface area (Å²) in [4.78, 5) is 19.4. The maximum atomic E-state index is 11.7. The zero-order valence-corrected chi connectivity index (χ0v) is 17.2. The number of rotatable bonds is 3. The largest absolute Gasteiger partial charge is 0.497 e. The molecule has 0 spiro atoms. The first-order valence-electron chi connectivity index (χ1n) is 11.0. The van der Waals surface area contributed by atoms with Crippen LogP contribution in [-0.2, 0) is 4.79 Å². The molecule has 5 aliphatic heterocycles. The van der Waals surface area contributed by atoms with Gasteiger partial charge in [0.1, 0.15) is 5.75 Å². The third-order valence-electron chi connectivity index (χ3n) is 7.95. The van der Waals surface area contributed by atoms with Gasteiger partial charge in [-0.2, -0.15) is 0 Å². The van der Waals surface area contributed by atoms with Crippen LogP contribution in [-0.4, -0.2) is 78.6 Å². The monoisotopic (exact) mass is 383 g/mol. The number of methoxy groups -OCH3 is 1. The molecule has 0 radical (unpaired) electrons. The maximum absolute atomic E-state index is 11.7. The maximum Gasteiger partial charge on any atom is 0.219 e. The Bertz CT molecular complexity index is 705. The van der Waals surface area contributed by atoms with Crippen LogP contribution in [0.5, 0.6) is 5.75 Å². The second kappa shape index (κ2) is 7.34. The average molecular weight is 384 g/mol. The Morgan fingerprint density at radius 3 is 2.25 bits per heavy atom. The molecule has 0 aliphatic carbocycles. The molecule has 0 N–H and O–H groups in total. The molecule has 1 aromatic rings. The number of hydrogen-bond acceptors (Lipinski definition) is 4. The molecule has 1 amide bonds. The molecule has 3 atom stereocenters. The first kappa shape index (κ1) is 18.4. The Hall–Kier alpha value is -1.59. The van der Waals surface area contributed by atoms with Crippen LogP contribution in [0, 0.1) is 5.92 Å². The third-order valence-corrected chi connectivity index (χ3v) is 7.95. The lowest BCUT2D eigenvalue weighted by molar-refractivity contribution is -0.130. The third kappa shape index (κ3) is 3.03. The molecule has 0 unspecified atom stereocenters. The molecule has 5 heteroatoms. The fourth-order valence-corrected chi connectivity index (χ4v) is 6.53. The van der Waals surface area contributed by atoms with E-state index < -0.39 is 0 Å². The summed E-state index contributed by atoms with van der Waals surface area (Å²) in [5.41, 5.74) is 1.46. The van der Waals surface area contributed by atoms with E-state index in [-0.39, 0.29) is 5.91 Å². The van der Waals surface area contributed by atoms with Crippen LogP contribution in [0.15, 0.2) is 24.3 Å². The van der Waals surface area contributed by atoms with Crippen molar-refractivity contribution in [1.29, 1.82) is 0 Å². The predicted molar refractivity (Wildman–Crippen MR) is 110 cm³/mol. The number of nitrogens with zero attached hydrogens (tertiary/aromatic N) is 3. The lowest BCUT2D eigenvalue weighted by Gasteiger charge is -2.53. The highest BCUT2D eigenvalue weighted by atomic mass is 16.5. The summed E-state index contributed by atoms with van der Waals surface area (Å²) in [6.45, 7) is 7.27. The molecule has 5 heterocycles. The van der Waals surface area contributed by atoms with E-state index in [1.807, 2.05) is 4.90 Å². The van der Waals surface area contributed by atoms with Crippen molar-refractivity contribution in [3.8, 4) is 5.75 Å². The van der Waals surface area contributed by atoms with Crippen LogP contribution in [0.4, 0.5) is 0 Å². The Balaban J connectivity index is 1.40. The van der Waals surface area contributed by atoms with E-state index >= 15 is 0 Å². The summed E-state index contributed by atoms with van der Waals surface area (Å²) < 4.78 is 5.38. The fraction of sp³-hybridized carbons (Fsp3) is 0.696. The number of piperidine rings is 4. The average Bonchev–Trinajstić information content (AvgIpc) is 3.17. The Labute approximate surface area is 168 Å². The SMILES string of the molecule is COc1ccc([C@H]2CN(C3CCN(C(C)=O)CC3)[C@H]3C4CCN(CC4)[C@@H]23)cc1. The molecule has 1 aromatic carbocycles. The lowest BCUT2D eigenvalue weighted by atomic mass is 9.75. The van der Waals surface area contributed by atoms with Gasteiger partial charge in [-0.15, -0.1) is 0 Å². The molecule has 5 fully saturated rings. The van der Waals surface area contributed by atoms with Gasteiger partial charge in [-0.05, 0) is 62.4 Å². The van der Waals surface area contributed by atoms with Crippen molar-refractivity contribution in [2.45, 2.75) is 56.7 Å². The predicted octanol–water partition coefficient (Wildman–Crippen LogP) is 2.57. The minimum atomic E-state index is 0.233. The van der Waals surface area contributed by atoms with Crippen LogP contribution in [0.1, 0.15) is 44.1 Å². The van der Waals surface area contributed by atoms with E-state index in [4.69, 9.17) is 4.74 Å². The van der Waals surface area contributed by atoms with Gasteiger partial charge in [0.05, 0.1) is 7.11 Å². The quantitative estimate of drug-likeness (QED) is 0.804. The van der Waals surface area contributed by atoms with Gasteiger partial charge in [0, 0.05) is 50.6 Å². The zero-order valence-electron chi connectivity index (χ0n) is 17.2. The van der Waals surface area contributed by atoms with Gasteiger partial charge >= 0.3 is 0 Å². The summed E-state index contributed by atoms with van der Waals surface area (Å²) in [6, 6.07) is 10.8.